The van der Waals surface area contributed by atoms with Crippen molar-refractivity contribution in [2.24, 2.45) is 0 Å². The molecule has 0 aliphatic carbocycles. The van der Waals surface area contributed by atoms with Gasteiger partial charge in [0.1, 0.15) is 5.75 Å². The van der Waals surface area contributed by atoms with Crippen LogP contribution in [0.3, 0.4) is 0 Å². The first-order chi connectivity index (χ1) is 11.5. The standard InChI is InChI=1S/C17H12ClNO4S/c18-10-5-7-11(8-6-10)19-17(21)14-9-15(24(22)23)12-3-1-2-4-13(12)16(14)20/h1-9,20H,(H,19,21)(H,22,23). The summed E-state index contributed by atoms with van der Waals surface area (Å²) in [6, 6.07) is 14.2. The van der Waals surface area contributed by atoms with Crippen molar-refractivity contribution in [2.45, 2.75) is 4.90 Å². The summed E-state index contributed by atoms with van der Waals surface area (Å²) in [6.45, 7) is 0. The number of phenols is 1. The van der Waals surface area contributed by atoms with Gasteiger partial charge in [0.2, 0.25) is 0 Å². The lowest BCUT2D eigenvalue weighted by Gasteiger charge is -2.11. The molecule has 0 aliphatic rings. The maximum absolute atomic E-state index is 12.5. The number of anilines is 1. The SMILES string of the molecule is O=C(Nc1ccc(Cl)cc1)c1cc(S(=O)O)c2ccccc2c1O. The van der Waals surface area contributed by atoms with E-state index in [1.807, 2.05) is 0 Å². The molecule has 0 aromatic heterocycles. The summed E-state index contributed by atoms with van der Waals surface area (Å²) in [6.07, 6.45) is 0. The monoisotopic (exact) mass is 361 g/mol. The molecule has 1 amide bonds. The van der Waals surface area contributed by atoms with Crippen LogP contribution in [0.1, 0.15) is 10.4 Å². The first kappa shape index (κ1) is 16.4. The van der Waals surface area contributed by atoms with Crippen molar-refractivity contribution < 1.29 is 18.7 Å². The molecule has 3 rings (SSSR count). The van der Waals surface area contributed by atoms with Gasteiger partial charge in [0.05, 0.1) is 10.5 Å². The maximum Gasteiger partial charge on any atom is 0.259 e. The van der Waals surface area contributed by atoms with E-state index in [-0.39, 0.29) is 16.2 Å². The van der Waals surface area contributed by atoms with E-state index in [4.69, 9.17) is 11.6 Å². The highest BCUT2D eigenvalue weighted by Gasteiger charge is 2.19. The molecule has 3 aromatic rings. The number of rotatable bonds is 3. The average molecular weight is 362 g/mol. The highest BCUT2D eigenvalue weighted by atomic mass is 35.5. The van der Waals surface area contributed by atoms with E-state index >= 15 is 0 Å². The Morgan fingerprint density at radius 3 is 2.29 bits per heavy atom. The first-order valence-electron chi connectivity index (χ1n) is 6.90. The second-order valence-corrected chi connectivity index (χ2v) is 6.40. The van der Waals surface area contributed by atoms with E-state index < -0.39 is 17.0 Å². The smallest absolute Gasteiger partial charge is 0.259 e. The number of nitrogens with one attached hydrogen (secondary N) is 1. The lowest BCUT2D eigenvalue weighted by molar-refractivity contribution is 0.102. The summed E-state index contributed by atoms with van der Waals surface area (Å²) in [5, 5.41) is 14.3. The number of amides is 1. The van der Waals surface area contributed by atoms with Crippen molar-refractivity contribution in [1.82, 2.24) is 0 Å². The Balaban J connectivity index is 2.08. The molecule has 0 radical (unpaired) electrons. The van der Waals surface area contributed by atoms with Gasteiger partial charge >= 0.3 is 0 Å². The predicted octanol–water partition coefficient (Wildman–Crippen LogP) is 4.03. The van der Waals surface area contributed by atoms with Crippen LogP contribution in [0.15, 0.2) is 59.5 Å². The van der Waals surface area contributed by atoms with Crippen LogP contribution in [0.5, 0.6) is 5.75 Å². The molecular weight excluding hydrogens is 350 g/mol. The van der Waals surface area contributed by atoms with Crippen LogP contribution >= 0.6 is 11.6 Å². The van der Waals surface area contributed by atoms with E-state index in [2.05, 4.69) is 5.32 Å². The van der Waals surface area contributed by atoms with Crippen molar-refractivity contribution >= 4 is 45.0 Å². The number of carbonyl (C=O) groups excluding carboxylic acids is 1. The minimum absolute atomic E-state index is 0.0599. The Kier molecular flexibility index (Phi) is 4.53. The van der Waals surface area contributed by atoms with Crippen LogP contribution in [-0.2, 0) is 11.1 Å². The van der Waals surface area contributed by atoms with E-state index in [1.54, 1.807) is 48.5 Å². The van der Waals surface area contributed by atoms with Crippen molar-refractivity contribution in [3.63, 3.8) is 0 Å². The molecule has 0 saturated heterocycles. The fourth-order valence-corrected chi connectivity index (χ4v) is 3.09. The molecule has 0 heterocycles. The van der Waals surface area contributed by atoms with Gasteiger partial charge in [0.15, 0.2) is 11.1 Å². The number of carbonyl (C=O) groups is 1. The van der Waals surface area contributed by atoms with Crippen LogP contribution < -0.4 is 5.32 Å². The van der Waals surface area contributed by atoms with Gasteiger partial charge in [-0.3, -0.25) is 4.79 Å². The molecule has 3 aromatic carbocycles. The summed E-state index contributed by atoms with van der Waals surface area (Å²) in [5.41, 5.74) is 0.407. The lowest BCUT2D eigenvalue weighted by atomic mass is 10.0. The second-order valence-electron chi connectivity index (χ2n) is 5.03. The molecule has 0 fully saturated rings. The van der Waals surface area contributed by atoms with Crippen LogP contribution in [0, 0.1) is 0 Å². The molecule has 0 spiro atoms. The summed E-state index contributed by atoms with van der Waals surface area (Å²) >= 11 is 3.50. The summed E-state index contributed by atoms with van der Waals surface area (Å²) < 4.78 is 21.1. The molecule has 24 heavy (non-hydrogen) atoms. The third-order valence-corrected chi connectivity index (χ3v) is 4.48. The number of benzene rings is 3. The second kappa shape index (κ2) is 6.60. The molecule has 122 valence electrons. The third kappa shape index (κ3) is 3.12. The van der Waals surface area contributed by atoms with Gasteiger partial charge in [-0.05, 0) is 30.3 Å². The third-order valence-electron chi connectivity index (χ3n) is 3.51. The highest BCUT2D eigenvalue weighted by molar-refractivity contribution is 7.79. The molecule has 3 N–H and O–H groups in total. The van der Waals surface area contributed by atoms with Crippen LogP contribution in [0.4, 0.5) is 5.69 Å². The van der Waals surface area contributed by atoms with E-state index in [1.165, 1.54) is 6.07 Å². The molecule has 0 saturated carbocycles. The van der Waals surface area contributed by atoms with Gasteiger partial charge in [-0.1, -0.05) is 35.9 Å². The average Bonchev–Trinajstić information content (AvgIpc) is 2.57. The zero-order valence-corrected chi connectivity index (χ0v) is 13.8. The normalized spacial score (nSPS) is 12.1. The van der Waals surface area contributed by atoms with Crippen molar-refractivity contribution in [3.05, 3.63) is 65.2 Å². The zero-order chi connectivity index (χ0) is 17.3. The van der Waals surface area contributed by atoms with Crippen LogP contribution in [-0.4, -0.2) is 19.8 Å². The van der Waals surface area contributed by atoms with Crippen molar-refractivity contribution in [2.75, 3.05) is 5.32 Å². The Morgan fingerprint density at radius 1 is 1.04 bits per heavy atom. The van der Waals surface area contributed by atoms with Crippen LogP contribution in [0.2, 0.25) is 5.02 Å². The molecule has 1 unspecified atom stereocenters. The van der Waals surface area contributed by atoms with Crippen molar-refractivity contribution in [1.29, 1.82) is 0 Å². The molecule has 0 aliphatic heterocycles. The van der Waals surface area contributed by atoms with Gasteiger partial charge in [-0.15, -0.1) is 0 Å². The summed E-state index contributed by atoms with van der Waals surface area (Å²) in [4.78, 5) is 12.5. The Morgan fingerprint density at radius 2 is 1.67 bits per heavy atom. The highest BCUT2D eigenvalue weighted by Crippen LogP contribution is 2.33. The minimum Gasteiger partial charge on any atom is -0.506 e. The van der Waals surface area contributed by atoms with E-state index in [0.717, 1.165) is 0 Å². The maximum atomic E-state index is 12.5. The number of aromatic hydroxyl groups is 1. The van der Waals surface area contributed by atoms with E-state index in [0.29, 0.717) is 21.5 Å². The molecule has 5 nitrogen and oxygen atoms in total. The van der Waals surface area contributed by atoms with Gasteiger partial charge < -0.3 is 15.0 Å². The molecule has 7 heteroatoms. The van der Waals surface area contributed by atoms with Gasteiger partial charge in [-0.2, -0.15) is 0 Å². The molecule has 1 atom stereocenters. The quantitative estimate of drug-likeness (QED) is 0.615. The minimum atomic E-state index is -2.30. The number of hydrogen-bond donors (Lipinski definition) is 3. The van der Waals surface area contributed by atoms with Gasteiger partial charge in [-0.25, -0.2) is 4.21 Å². The number of hydrogen-bond acceptors (Lipinski definition) is 3. The van der Waals surface area contributed by atoms with Crippen molar-refractivity contribution in [3.8, 4) is 5.75 Å². The lowest BCUT2D eigenvalue weighted by Crippen LogP contribution is -2.13. The number of phenolic OH excluding ortho intramolecular Hbond substituents is 1. The first-order valence-corrected chi connectivity index (χ1v) is 8.38. The molecular formula is C17H12ClNO4S. The summed E-state index contributed by atoms with van der Waals surface area (Å²) in [5.74, 6) is -0.835. The fourth-order valence-electron chi connectivity index (χ4n) is 2.38. The Labute approximate surface area is 145 Å². The van der Waals surface area contributed by atoms with Gasteiger partial charge in [0.25, 0.3) is 5.91 Å². The van der Waals surface area contributed by atoms with Gasteiger partial charge in [0, 0.05) is 21.5 Å². The summed E-state index contributed by atoms with van der Waals surface area (Å²) in [7, 11) is 0. The number of halogens is 1. The molecule has 0 bridgehead atoms. The topological polar surface area (TPSA) is 86.6 Å². The predicted molar refractivity (Wildman–Crippen MR) is 94.1 cm³/mol. The zero-order valence-electron chi connectivity index (χ0n) is 12.2. The number of fused-ring (bicyclic) bond motifs is 1. The van der Waals surface area contributed by atoms with Crippen LogP contribution in [0.25, 0.3) is 10.8 Å². The fraction of sp³-hybridized carbons (Fsp3) is 0. The van der Waals surface area contributed by atoms with E-state index in [9.17, 15) is 18.7 Å². The Hall–Kier alpha value is -2.41. The largest absolute Gasteiger partial charge is 0.506 e. The Bertz CT molecular complexity index is 957.